The van der Waals surface area contributed by atoms with Crippen molar-refractivity contribution >= 4 is 28.7 Å². The van der Waals surface area contributed by atoms with Crippen LogP contribution in [0.25, 0.3) is 5.65 Å². The second kappa shape index (κ2) is 10.0. The summed E-state index contributed by atoms with van der Waals surface area (Å²) in [5.74, 6) is 0.604. The van der Waals surface area contributed by atoms with E-state index in [0.29, 0.717) is 17.9 Å². The molecule has 0 saturated carbocycles. The van der Waals surface area contributed by atoms with Gasteiger partial charge in [-0.05, 0) is 49.5 Å². The van der Waals surface area contributed by atoms with Gasteiger partial charge in [-0.1, -0.05) is 13.8 Å². The topological polar surface area (TPSA) is 78.7 Å². The lowest BCUT2D eigenvalue weighted by Gasteiger charge is -2.24. The van der Waals surface area contributed by atoms with Crippen molar-refractivity contribution in [3.63, 3.8) is 0 Å². The van der Waals surface area contributed by atoms with Crippen LogP contribution in [-0.2, 0) is 0 Å². The van der Waals surface area contributed by atoms with Crippen molar-refractivity contribution < 1.29 is 4.79 Å². The predicted molar refractivity (Wildman–Crippen MR) is 126 cm³/mol. The molecule has 0 unspecified atom stereocenters. The zero-order chi connectivity index (χ0) is 22.3. The summed E-state index contributed by atoms with van der Waals surface area (Å²) in [7, 11) is 0. The number of rotatable bonds is 9. The summed E-state index contributed by atoms with van der Waals surface area (Å²) in [5, 5.41) is 3.00. The van der Waals surface area contributed by atoms with Gasteiger partial charge in [0.15, 0.2) is 11.5 Å². The summed E-state index contributed by atoms with van der Waals surface area (Å²) in [6, 6.07) is 11.3. The van der Waals surface area contributed by atoms with E-state index in [4.69, 9.17) is 0 Å². The molecular formula is C24H27N7O. The zero-order valence-electron chi connectivity index (χ0n) is 18.3. The van der Waals surface area contributed by atoms with E-state index in [2.05, 4.69) is 39.0 Å². The molecule has 8 nitrogen and oxygen atoms in total. The largest absolute Gasteiger partial charge is 0.351 e. The van der Waals surface area contributed by atoms with Gasteiger partial charge in [-0.2, -0.15) is 0 Å². The fraction of sp³-hybridized carbons (Fsp3) is 0.250. The molecule has 1 aromatic carbocycles. The van der Waals surface area contributed by atoms with Crippen molar-refractivity contribution in [3.8, 4) is 0 Å². The van der Waals surface area contributed by atoms with Crippen LogP contribution in [0.1, 0.15) is 24.2 Å². The number of amides is 1. The molecule has 0 bridgehead atoms. The smallest absolute Gasteiger partial charge is 0.251 e. The Morgan fingerprint density at radius 1 is 0.969 bits per heavy atom. The number of hydrogen-bond donors (Lipinski definition) is 1. The van der Waals surface area contributed by atoms with Crippen LogP contribution in [0.4, 0.5) is 17.2 Å². The van der Waals surface area contributed by atoms with Gasteiger partial charge in [0.25, 0.3) is 5.91 Å². The number of fused-ring (bicyclic) bond motifs is 1. The summed E-state index contributed by atoms with van der Waals surface area (Å²) in [4.78, 5) is 30.2. The van der Waals surface area contributed by atoms with Crippen molar-refractivity contribution in [1.29, 1.82) is 0 Å². The van der Waals surface area contributed by atoms with Gasteiger partial charge in [-0.25, -0.2) is 9.97 Å². The van der Waals surface area contributed by atoms with E-state index in [-0.39, 0.29) is 5.91 Å². The molecule has 0 aliphatic heterocycles. The fourth-order valence-electron chi connectivity index (χ4n) is 3.61. The van der Waals surface area contributed by atoms with Crippen molar-refractivity contribution in [2.45, 2.75) is 13.8 Å². The SMILES string of the molecule is CCN(CC)CCNC(=O)c1ccc(N(c2cccnc2)c2nccn3ccnc23)cc1. The molecule has 1 N–H and O–H groups in total. The van der Waals surface area contributed by atoms with Crippen LogP contribution in [0.15, 0.2) is 73.6 Å². The molecule has 4 aromatic rings. The molecule has 0 saturated heterocycles. The van der Waals surface area contributed by atoms with Crippen LogP contribution in [0.2, 0.25) is 0 Å². The lowest BCUT2D eigenvalue weighted by Crippen LogP contribution is -2.34. The minimum absolute atomic E-state index is 0.0786. The van der Waals surface area contributed by atoms with E-state index in [1.54, 1.807) is 24.8 Å². The minimum atomic E-state index is -0.0786. The first kappa shape index (κ1) is 21.5. The van der Waals surface area contributed by atoms with Crippen LogP contribution < -0.4 is 10.2 Å². The summed E-state index contributed by atoms with van der Waals surface area (Å²) < 4.78 is 1.92. The van der Waals surface area contributed by atoms with Gasteiger partial charge >= 0.3 is 0 Å². The average Bonchev–Trinajstić information content (AvgIpc) is 3.33. The van der Waals surface area contributed by atoms with E-state index in [1.807, 2.05) is 58.1 Å². The second-order valence-corrected chi connectivity index (χ2v) is 7.29. The first-order valence-electron chi connectivity index (χ1n) is 10.8. The Bertz CT molecular complexity index is 1150. The minimum Gasteiger partial charge on any atom is -0.351 e. The molecule has 0 aliphatic rings. The van der Waals surface area contributed by atoms with Crippen LogP contribution in [0, 0.1) is 0 Å². The van der Waals surface area contributed by atoms with Crippen molar-refractivity contribution in [2.75, 3.05) is 31.1 Å². The number of benzene rings is 1. The molecular weight excluding hydrogens is 402 g/mol. The third-order valence-electron chi connectivity index (χ3n) is 5.40. The first-order chi connectivity index (χ1) is 15.7. The molecule has 0 radical (unpaired) electrons. The molecule has 32 heavy (non-hydrogen) atoms. The van der Waals surface area contributed by atoms with Crippen LogP contribution in [0.3, 0.4) is 0 Å². The first-order valence-corrected chi connectivity index (χ1v) is 10.8. The quantitative estimate of drug-likeness (QED) is 0.437. The maximum absolute atomic E-state index is 12.6. The maximum Gasteiger partial charge on any atom is 0.251 e. The molecule has 8 heteroatoms. The number of imidazole rings is 1. The highest BCUT2D eigenvalue weighted by Gasteiger charge is 2.18. The van der Waals surface area contributed by atoms with Crippen LogP contribution in [-0.4, -0.2) is 56.3 Å². The lowest BCUT2D eigenvalue weighted by molar-refractivity contribution is 0.0949. The summed E-state index contributed by atoms with van der Waals surface area (Å²) >= 11 is 0. The number of carbonyl (C=O) groups is 1. The van der Waals surface area contributed by atoms with Crippen molar-refractivity contribution in [3.05, 3.63) is 79.1 Å². The highest BCUT2D eigenvalue weighted by molar-refractivity contribution is 5.95. The van der Waals surface area contributed by atoms with Gasteiger partial charge in [0.1, 0.15) is 0 Å². The molecule has 3 aromatic heterocycles. The van der Waals surface area contributed by atoms with Gasteiger partial charge in [-0.15, -0.1) is 0 Å². The molecule has 4 rings (SSSR count). The molecule has 1 amide bonds. The Hall–Kier alpha value is -3.78. The number of carbonyl (C=O) groups excluding carboxylic acids is 1. The number of hydrogen-bond acceptors (Lipinski definition) is 6. The average molecular weight is 430 g/mol. The Balaban J connectivity index is 1.59. The van der Waals surface area contributed by atoms with Gasteiger partial charge in [0, 0.05) is 55.3 Å². The van der Waals surface area contributed by atoms with Gasteiger partial charge in [0.05, 0.1) is 11.9 Å². The monoisotopic (exact) mass is 429 g/mol. The van der Waals surface area contributed by atoms with E-state index in [1.165, 1.54) is 0 Å². The van der Waals surface area contributed by atoms with Gasteiger partial charge in [-0.3, -0.25) is 14.7 Å². The maximum atomic E-state index is 12.6. The van der Waals surface area contributed by atoms with Crippen molar-refractivity contribution in [2.24, 2.45) is 0 Å². The fourth-order valence-corrected chi connectivity index (χ4v) is 3.61. The number of nitrogens with zero attached hydrogens (tertiary/aromatic N) is 6. The molecule has 0 aliphatic carbocycles. The van der Waals surface area contributed by atoms with Gasteiger partial charge < -0.3 is 14.6 Å². The highest BCUT2D eigenvalue weighted by atomic mass is 16.1. The number of pyridine rings is 1. The number of likely N-dealkylation sites (N-methyl/N-ethyl adjacent to an activating group) is 1. The normalized spacial score (nSPS) is 11.1. The van der Waals surface area contributed by atoms with Crippen LogP contribution >= 0.6 is 0 Å². The summed E-state index contributed by atoms with van der Waals surface area (Å²) in [6.45, 7) is 7.65. The predicted octanol–water partition coefficient (Wildman–Crippen LogP) is 3.67. The third kappa shape index (κ3) is 4.60. The molecule has 0 spiro atoms. The standard InChI is InChI=1S/C24H27N7O/c1-3-29(4-2)15-12-28-24(32)19-7-9-20(10-8-19)31(21-6-5-11-25-18-21)23-22-26-13-16-30(22)17-14-27-23/h5-11,13-14,16-18H,3-4,12,15H2,1-2H3,(H,28,32). The second-order valence-electron chi connectivity index (χ2n) is 7.29. The van der Waals surface area contributed by atoms with Gasteiger partial charge in [0.2, 0.25) is 0 Å². The Morgan fingerprint density at radius 3 is 2.41 bits per heavy atom. The molecule has 0 fully saturated rings. The number of anilines is 3. The summed E-state index contributed by atoms with van der Waals surface area (Å²) in [6.07, 6.45) is 10.7. The number of aromatic nitrogens is 4. The molecule has 0 atom stereocenters. The van der Waals surface area contributed by atoms with E-state index in [0.717, 1.165) is 36.7 Å². The van der Waals surface area contributed by atoms with E-state index in [9.17, 15) is 4.79 Å². The molecule has 3 heterocycles. The zero-order valence-corrected chi connectivity index (χ0v) is 18.3. The number of nitrogens with one attached hydrogen (secondary N) is 1. The van der Waals surface area contributed by atoms with Crippen LogP contribution in [0.5, 0.6) is 0 Å². The lowest BCUT2D eigenvalue weighted by atomic mass is 10.1. The molecule has 164 valence electrons. The Labute approximate surface area is 187 Å². The summed E-state index contributed by atoms with van der Waals surface area (Å²) in [5.41, 5.74) is 3.06. The van der Waals surface area contributed by atoms with E-state index < -0.39 is 0 Å². The highest BCUT2D eigenvalue weighted by Crippen LogP contribution is 2.34. The van der Waals surface area contributed by atoms with Crippen molar-refractivity contribution in [1.82, 2.24) is 29.6 Å². The third-order valence-corrected chi connectivity index (χ3v) is 5.40. The Kier molecular flexibility index (Phi) is 6.72. The Morgan fingerprint density at radius 2 is 1.72 bits per heavy atom. The van der Waals surface area contributed by atoms with E-state index >= 15 is 0 Å².